The van der Waals surface area contributed by atoms with Gasteiger partial charge in [-0.1, -0.05) is 61.6 Å². The topological polar surface area (TPSA) is 66.8 Å². The molecule has 1 aromatic carbocycles. The van der Waals surface area contributed by atoms with Gasteiger partial charge in [-0.15, -0.1) is 0 Å². The molecule has 4 heteroatoms. The third-order valence-electron chi connectivity index (χ3n) is 6.21. The molecule has 6 atom stereocenters. The Morgan fingerprint density at radius 1 is 1.18 bits per heavy atom. The normalized spacial score (nSPS) is 28.9. The number of fused-ring (bicyclic) bond motifs is 2. The van der Waals surface area contributed by atoms with E-state index in [4.69, 9.17) is 9.84 Å². The monoisotopic (exact) mass is 384 g/mol. The molecular weight excluding hydrogens is 352 g/mol. The maximum Gasteiger partial charge on any atom is 0.303 e. The number of rotatable bonds is 10. The van der Waals surface area contributed by atoms with Crippen molar-refractivity contribution in [2.45, 2.75) is 69.7 Å². The summed E-state index contributed by atoms with van der Waals surface area (Å²) in [6.45, 7) is 2.06. The van der Waals surface area contributed by atoms with Gasteiger partial charge < -0.3 is 14.9 Å². The second-order valence-electron chi connectivity index (χ2n) is 8.09. The fourth-order valence-electron chi connectivity index (χ4n) is 4.55. The average Bonchev–Trinajstić information content (AvgIpc) is 3.30. The summed E-state index contributed by atoms with van der Waals surface area (Å²) in [5.74, 6) is 0.161. The molecule has 4 nitrogen and oxygen atoms in total. The first-order valence-electron chi connectivity index (χ1n) is 10.5. The summed E-state index contributed by atoms with van der Waals surface area (Å²) < 4.78 is 6.15. The van der Waals surface area contributed by atoms with Gasteiger partial charge in [0.25, 0.3) is 0 Å². The van der Waals surface area contributed by atoms with Crippen molar-refractivity contribution < 1.29 is 19.7 Å². The molecule has 0 radical (unpaired) electrons. The minimum atomic E-state index is -0.750. The molecule has 2 aliphatic rings. The van der Waals surface area contributed by atoms with Crippen LogP contribution in [0.1, 0.15) is 56.9 Å². The number of aliphatic hydroxyl groups excluding tert-OH is 1. The van der Waals surface area contributed by atoms with Crippen LogP contribution in [0.5, 0.6) is 0 Å². The number of aliphatic carboxylic acids is 1. The molecule has 28 heavy (non-hydrogen) atoms. The predicted octanol–water partition coefficient (Wildman–Crippen LogP) is 4.70. The Morgan fingerprint density at radius 2 is 1.89 bits per heavy atom. The Kier molecular flexibility index (Phi) is 7.46. The largest absolute Gasteiger partial charge is 0.481 e. The lowest BCUT2D eigenvalue weighted by atomic mass is 9.76. The summed E-state index contributed by atoms with van der Waals surface area (Å²) in [7, 11) is 0. The van der Waals surface area contributed by atoms with Gasteiger partial charge in [0.2, 0.25) is 0 Å². The van der Waals surface area contributed by atoms with Crippen LogP contribution in [-0.4, -0.2) is 34.5 Å². The number of ether oxygens (including phenoxy) is 1. The molecule has 2 N–H and O–H groups in total. The molecule has 0 saturated carbocycles. The molecule has 2 aliphatic heterocycles. The van der Waals surface area contributed by atoms with Gasteiger partial charge in [0, 0.05) is 18.3 Å². The number of hydrogen-bond acceptors (Lipinski definition) is 3. The number of hydrogen-bond donors (Lipinski definition) is 2. The van der Waals surface area contributed by atoms with Crippen molar-refractivity contribution in [3.05, 3.63) is 60.2 Å². The Labute approximate surface area is 167 Å². The second kappa shape index (κ2) is 10.0. The molecule has 2 bridgehead atoms. The number of benzene rings is 1. The van der Waals surface area contributed by atoms with Crippen LogP contribution < -0.4 is 0 Å². The highest BCUT2D eigenvalue weighted by molar-refractivity contribution is 5.66. The lowest BCUT2D eigenvalue weighted by Crippen LogP contribution is -2.26. The van der Waals surface area contributed by atoms with Crippen LogP contribution in [-0.2, 0) is 9.53 Å². The first kappa shape index (κ1) is 20.8. The van der Waals surface area contributed by atoms with Crippen LogP contribution in [0.15, 0.2) is 54.6 Å². The SMILES string of the molecule is C[C@@H](c1ccccc1)[C@@H](O)/C=C/[C@H]1[C@@H](CC/C=C\CCC(=O)O)[C@@H]2CC[C@H]1O2. The molecule has 3 rings (SSSR count). The Morgan fingerprint density at radius 3 is 2.64 bits per heavy atom. The molecule has 2 heterocycles. The van der Waals surface area contributed by atoms with E-state index >= 15 is 0 Å². The number of aliphatic hydroxyl groups is 1. The van der Waals surface area contributed by atoms with Gasteiger partial charge in [-0.25, -0.2) is 0 Å². The maximum absolute atomic E-state index is 10.6. The summed E-state index contributed by atoms with van der Waals surface area (Å²) >= 11 is 0. The van der Waals surface area contributed by atoms with E-state index in [2.05, 4.69) is 31.2 Å². The van der Waals surface area contributed by atoms with Gasteiger partial charge in [-0.2, -0.15) is 0 Å². The lowest BCUT2D eigenvalue weighted by Gasteiger charge is -2.26. The standard InChI is InChI=1S/C24H32O4/c1-17(18-9-5-4-6-10-18)21(25)14-13-20-19(22-15-16-23(20)28-22)11-7-2-3-8-12-24(26)27/h2-6,9-10,13-14,17,19-23,25H,7-8,11-12,15-16H2,1H3,(H,26,27)/b3-2-,14-13+/t17-,19+,20-,21-,22-,23+/m0/s1. The smallest absolute Gasteiger partial charge is 0.303 e. The molecule has 0 aromatic heterocycles. The molecule has 0 aliphatic carbocycles. The average molecular weight is 385 g/mol. The minimum Gasteiger partial charge on any atom is -0.481 e. The fraction of sp³-hybridized carbons (Fsp3) is 0.542. The first-order valence-corrected chi connectivity index (χ1v) is 10.5. The Balaban J connectivity index is 1.54. The van der Waals surface area contributed by atoms with Crippen molar-refractivity contribution >= 4 is 5.97 Å². The summed E-state index contributed by atoms with van der Waals surface area (Å²) in [4.78, 5) is 10.6. The minimum absolute atomic E-state index is 0.0626. The summed E-state index contributed by atoms with van der Waals surface area (Å²) in [5.41, 5.74) is 1.15. The molecule has 0 spiro atoms. The highest BCUT2D eigenvalue weighted by Gasteiger charge is 2.47. The molecule has 152 valence electrons. The molecule has 2 fully saturated rings. The van der Waals surface area contributed by atoms with E-state index in [0.717, 1.165) is 31.2 Å². The van der Waals surface area contributed by atoms with E-state index in [-0.39, 0.29) is 18.4 Å². The van der Waals surface area contributed by atoms with Gasteiger partial charge in [-0.05, 0) is 43.6 Å². The molecule has 2 saturated heterocycles. The predicted molar refractivity (Wildman–Crippen MR) is 110 cm³/mol. The quantitative estimate of drug-likeness (QED) is 0.574. The van der Waals surface area contributed by atoms with Gasteiger partial charge in [-0.3, -0.25) is 4.79 Å². The number of carboxylic acids is 1. The van der Waals surface area contributed by atoms with Crippen molar-refractivity contribution in [1.29, 1.82) is 0 Å². The van der Waals surface area contributed by atoms with Crippen LogP contribution in [0.2, 0.25) is 0 Å². The number of carboxylic acid groups (broad SMARTS) is 1. The fourth-order valence-corrected chi connectivity index (χ4v) is 4.55. The third kappa shape index (κ3) is 5.33. The van der Waals surface area contributed by atoms with Crippen LogP contribution >= 0.6 is 0 Å². The third-order valence-corrected chi connectivity index (χ3v) is 6.21. The summed E-state index contributed by atoms with van der Waals surface area (Å²) in [6, 6.07) is 10.1. The number of allylic oxidation sites excluding steroid dienone is 2. The Hall–Kier alpha value is -1.91. The highest BCUT2D eigenvalue weighted by Crippen LogP contribution is 2.46. The van der Waals surface area contributed by atoms with Gasteiger partial charge in [0.1, 0.15) is 0 Å². The van der Waals surface area contributed by atoms with E-state index in [1.54, 1.807) is 0 Å². The van der Waals surface area contributed by atoms with Gasteiger partial charge in [0.05, 0.1) is 18.3 Å². The highest BCUT2D eigenvalue weighted by atomic mass is 16.5. The van der Waals surface area contributed by atoms with E-state index < -0.39 is 12.1 Å². The van der Waals surface area contributed by atoms with Gasteiger partial charge in [0.15, 0.2) is 0 Å². The van der Waals surface area contributed by atoms with E-state index in [0.29, 0.717) is 24.4 Å². The van der Waals surface area contributed by atoms with Crippen LogP contribution in [0, 0.1) is 11.8 Å². The maximum atomic E-state index is 10.6. The van der Waals surface area contributed by atoms with Gasteiger partial charge >= 0.3 is 5.97 Å². The van der Waals surface area contributed by atoms with Crippen molar-refractivity contribution in [2.75, 3.05) is 0 Å². The van der Waals surface area contributed by atoms with Crippen molar-refractivity contribution in [3.63, 3.8) is 0 Å². The van der Waals surface area contributed by atoms with Crippen molar-refractivity contribution in [1.82, 2.24) is 0 Å². The van der Waals surface area contributed by atoms with E-state index in [1.807, 2.05) is 30.4 Å². The summed E-state index contributed by atoms with van der Waals surface area (Å²) in [5, 5.41) is 19.3. The zero-order valence-corrected chi connectivity index (χ0v) is 16.6. The lowest BCUT2D eigenvalue weighted by molar-refractivity contribution is -0.136. The first-order chi connectivity index (χ1) is 13.6. The van der Waals surface area contributed by atoms with Crippen LogP contribution in [0.25, 0.3) is 0 Å². The zero-order chi connectivity index (χ0) is 19.9. The summed E-state index contributed by atoms with van der Waals surface area (Å²) in [6.07, 6.45) is 13.3. The van der Waals surface area contributed by atoms with Crippen molar-refractivity contribution in [2.24, 2.45) is 11.8 Å². The molecule has 0 unspecified atom stereocenters. The van der Waals surface area contributed by atoms with E-state index in [1.165, 1.54) is 0 Å². The number of carbonyl (C=O) groups is 1. The second-order valence-corrected chi connectivity index (χ2v) is 8.09. The molecule has 0 amide bonds. The Bertz CT molecular complexity index is 681. The van der Waals surface area contributed by atoms with Crippen molar-refractivity contribution in [3.8, 4) is 0 Å². The molecular formula is C24H32O4. The van der Waals surface area contributed by atoms with Crippen LogP contribution in [0.4, 0.5) is 0 Å². The van der Waals surface area contributed by atoms with E-state index in [9.17, 15) is 9.90 Å². The molecule has 1 aromatic rings. The van der Waals surface area contributed by atoms with Crippen LogP contribution in [0.3, 0.4) is 0 Å². The zero-order valence-electron chi connectivity index (χ0n) is 16.6.